The highest BCUT2D eigenvalue weighted by atomic mass is 32.2. The quantitative estimate of drug-likeness (QED) is 0.374. The molecule has 1 fully saturated rings. The smallest absolute Gasteiger partial charge is 0.0708 e. The standard InChI is InChI=1S/C25H27N3S/c1-18(29-19(2)26-3)21-9-10-23-16-27-25(15-24(23)14-21)22-8-6-7-20(13-22)17-28-11-4-5-12-28/h6-10,13-16H,1,4-5,11-12,17H2,2-3H3. The summed E-state index contributed by atoms with van der Waals surface area (Å²) >= 11 is 1.61. The predicted octanol–water partition coefficient (Wildman–Crippen LogP) is 6.25. The molecule has 29 heavy (non-hydrogen) atoms. The van der Waals surface area contributed by atoms with Gasteiger partial charge in [-0.15, -0.1) is 0 Å². The Morgan fingerprint density at radius 2 is 1.93 bits per heavy atom. The van der Waals surface area contributed by atoms with E-state index in [4.69, 9.17) is 4.98 Å². The predicted molar refractivity (Wildman–Crippen MR) is 127 cm³/mol. The molecule has 0 radical (unpaired) electrons. The van der Waals surface area contributed by atoms with Crippen molar-refractivity contribution in [3.8, 4) is 11.3 Å². The minimum absolute atomic E-state index is 1.01. The van der Waals surface area contributed by atoms with E-state index in [0.29, 0.717) is 0 Å². The molecule has 4 rings (SSSR count). The normalized spacial score (nSPS) is 15.2. The van der Waals surface area contributed by atoms with Crippen molar-refractivity contribution in [2.24, 2.45) is 4.99 Å². The SMILES string of the molecule is C=C(SC(C)=NC)c1ccc2cnc(-c3cccc(CN4CCCC4)c3)cc2c1. The molecule has 3 aromatic rings. The number of thioether (sulfide) groups is 1. The lowest BCUT2D eigenvalue weighted by molar-refractivity contribution is 0.331. The van der Waals surface area contributed by atoms with Gasteiger partial charge in [0.25, 0.3) is 0 Å². The fourth-order valence-corrected chi connectivity index (χ4v) is 4.48. The lowest BCUT2D eigenvalue weighted by atomic mass is 10.0. The molecule has 0 atom stereocenters. The Morgan fingerprint density at radius 1 is 1.10 bits per heavy atom. The second-order valence-corrected chi connectivity index (χ2v) is 8.87. The van der Waals surface area contributed by atoms with Crippen LogP contribution < -0.4 is 0 Å². The minimum Gasteiger partial charge on any atom is -0.299 e. The zero-order valence-corrected chi connectivity index (χ0v) is 18.0. The summed E-state index contributed by atoms with van der Waals surface area (Å²) in [5.41, 5.74) is 4.68. The van der Waals surface area contributed by atoms with Crippen LogP contribution in [-0.4, -0.2) is 35.1 Å². The molecule has 1 aromatic heterocycles. The Balaban J connectivity index is 1.61. The van der Waals surface area contributed by atoms with Gasteiger partial charge in [0.05, 0.1) is 10.7 Å². The van der Waals surface area contributed by atoms with Crippen LogP contribution in [0.2, 0.25) is 0 Å². The first kappa shape index (κ1) is 19.9. The van der Waals surface area contributed by atoms with Gasteiger partial charge in [0.15, 0.2) is 0 Å². The van der Waals surface area contributed by atoms with E-state index in [-0.39, 0.29) is 0 Å². The third-order valence-electron chi connectivity index (χ3n) is 5.46. The van der Waals surface area contributed by atoms with Crippen LogP contribution in [0.5, 0.6) is 0 Å². The first-order chi connectivity index (χ1) is 14.1. The molecular weight excluding hydrogens is 374 g/mol. The van der Waals surface area contributed by atoms with Crippen molar-refractivity contribution in [2.45, 2.75) is 26.3 Å². The number of pyridine rings is 1. The number of aromatic nitrogens is 1. The highest BCUT2D eigenvalue weighted by molar-refractivity contribution is 8.21. The number of hydrogen-bond acceptors (Lipinski definition) is 4. The molecular formula is C25H27N3S. The summed E-state index contributed by atoms with van der Waals surface area (Å²) in [7, 11) is 1.81. The van der Waals surface area contributed by atoms with Gasteiger partial charge in [-0.3, -0.25) is 14.9 Å². The van der Waals surface area contributed by atoms with Gasteiger partial charge in [-0.05, 0) is 67.6 Å². The van der Waals surface area contributed by atoms with Crippen molar-refractivity contribution in [1.29, 1.82) is 0 Å². The van der Waals surface area contributed by atoms with E-state index >= 15 is 0 Å². The molecule has 0 spiro atoms. The number of likely N-dealkylation sites (tertiary alicyclic amines) is 1. The second-order valence-electron chi connectivity index (χ2n) is 7.58. The number of nitrogens with zero attached hydrogens (tertiary/aromatic N) is 3. The first-order valence-electron chi connectivity index (χ1n) is 10.1. The molecule has 1 aliphatic heterocycles. The summed E-state index contributed by atoms with van der Waals surface area (Å²) in [6.45, 7) is 9.69. The monoisotopic (exact) mass is 401 g/mol. The van der Waals surface area contributed by atoms with Crippen LogP contribution in [0.3, 0.4) is 0 Å². The Hall–Kier alpha value is -2.43. The summed E-state index contributed by atoms with van der Waals surface area (Å²) in [6.07, 6.45) is 4.61. The summed E-state index contributed by atoms with van der Waals surface area (Å²) in [5, 5.41) is 3.34. The Morgan fingerprint density at radius 3 is 2.72 bits per heavy atom. The molecule has 1 saturated heterocycles. The van der Waals surface area contributed by atoms with E-state index in [1.165, 1.54) is 42.4 Å². The highest BCUT2D eigenvalue weighted by Gasteiger charge is 2.12. The van der Waals surface area contributed by atoms with Crippen molar-refractivity contribution >= 4 is 32.5 Å². The summed E-state index contributed by atoms with van der Waals surface area (Å²) in [6, 6.07) is 17.4. The van der Waals surface area contributed by atoms with Gasteiger partial charge in [-0.25, -0.2) is 0 Å². The van der Waals surface area contributed by atoms with Crippen molar-refractivity contribution in [3.05, 3.63) is 72.4 Å². The number of hydrogen-bond donors (Lipinski definition) is 0. The third kappa shape index (κ3) is 4.77. The Kier molecular flexibility index (Phi) is 6.12. The van der Waals surface area contributed by atoms with E-state index < -0.39 is 0 Å². The average Bonchev–Trinajstić information content (AvgIpc) is 3.26. The van der Waals surface area contributed by atoms with Gasteiger partial charge >= 0.3 is 0 Å². The van der Waals surface area contributed by atoms with E-state index in [2.05, 4.69) is 65.0 Å². The van der Waals surface area contributed by atoms with Crippen molar-refractivity contribution in [3.63, 3.8) is 0 Å². The number of rotatable bonds is 5. The minimum atomic E-state index is 1.01. The molecule has 148 valence electrons. The largest absolute Gasteiger partial charge is 0.299 e. The van der Waals surface area contributed by atoms with E-state index in [1.54, 1.807) is 11.8 Å². The Labute approximate surface area is 177 Å². The van der Waals surface area contributed by atoms with Gasteiger partial charge in [0, 0.05) is 35.6 Å². The lowest BCUT2D eigenvalue weighted by Crippen LogP contribution is -2.18. The van der Waals surface area contributed by atoms with Crippen LogP contribution in [-0.2, 0) is 6.54 Å². The van der Waals surface area contributed by atoms with Gasteiger partial charge in [-0.2, -0.15) is 0 Å². The van der Waals surface area contributed by atoms with Gasteiger partial charge < -0.3 is 0 Å². The average molecular weight is 402 g/mol. The van der Waals surface area contributed by atoms with Crippen LogP contribution in [0.25, 0.3) is 26.9 Å². The van der Waals surface area contributed by atoms with Crippen molar-refractivity contribution < 1.29 is 0 Å². The van der Waals surface area contributed by atoms with Crippen LogP contribution in [0.4, 0.5) is 0 Å². The molecule has 4 heteroatoms. The molecule has 0 bridgehead atoms. The third-order valence-corrected chi connectivity index (χ3v) is 6.42. The van der Waals surface area contributed by atoms with Crippen molar-refractivity contribution in [1.82, 2.24) is 9.88 Å². The molecule has 0 amide bonds. The number of benzene rings is 2. The summed E-state index contributed by atoms with van der Waals surface area (Å²) in [4.78, 5) is 12.5. The highest BCUT2D eigenvalue weighted by Crippen LogP contribution is 2.30. The number of fused-ring (bicyclic) bond motifs is 1. The fraction of sp³-hybridized carbons (Fsp3) is 0.280. The number of aliphatic imine (C=N–C) groups is 1. The fourth-order valence-electron chi connectivity index (χ4n) is 3.78. The van der Waals surface area contributed by atoms with Crippen LogP contribution in [0.1, 0.15) is 30.9 Å². The molecule has 2 heterocycles. The summed E-state index contributed by atoms with van der Waals surface area (Å²) in [5.74, 6) is 0. The molecule has 3 nitrogen and oxygen atoms in total. The maximum Gasteiger partial charge on any atom is 0.0708 e. The molecule has 0 aliphatic carbocycles. The van der Waals surface area contributed by atoms with E-state index in [0.717, 1.165) is 33.1 Å². The van der Waals surface area contributed by atoms with Crippen molar-refractivity contribution in [2.75, 3.05) is 20.1 Å². The van der Waals surface area contributed by atoms with Crippen LogP contribution >= 0.6 is 11.8 Å². The summed E-state index contributed by atoms with van der Waals surface area (Å²) < 4.78 is 0. The van der Waals surface area contributed by atoms with Crippen LogP contribution in [0, 0.1) is 0 Å². The zero-order valence-electron chi connectivity index (χ0n) is 17.2. The maximum absolute atomic E-state index is 4.73. The van der Waals surface area contributed by atoms with Gasteiger partial charge in [-0.1, -0.05) is 48.7 Å². The van der Waals surface area contributed by atoms with Crippen LogP contribution in [0.15, 0.2) is 66.3 Å². The maximum atomic E-state index is 4.73. The van der Waals surface area contributed by atoms with E-state index in [9.17, 15) is 0 Å². The molecule has 0 unspecified atom stereocenters. The molecule has 2 aromatic carbocycles. The second kappa shape index (κ2) is 8.93. The van der Waals surface area contributed by atoms with Gasteiger partial charge in [0.2, 0.25) is 0 Å². The Bertz CT molecular complexity index is 1060. The van der Waals surface area contributed by atoms with E-state index in [1.807, 2.05) is 20.2 Å². The first-order valence-corrected chi connectivity index (χ1v) is 11.0. The molecule has 1 aliphatic rings. The van der Waals surface area contributed by atoms with Gasteiger partial charge in [0.1, 0.15) is 0 Å². The zero-order chi connectivity index (χ0) is 20.2. The molecule has 0 saturated carbocycles. The molecule has 0 N–H and O–H groups in total. The lowest BCUT2D eigenvalue weighted by Gasteiger charge is -2.15. The topological polar surface area (TPSA) is 28.5 Å².